The quantitative estimate of drug-likeness (QED) is 0.399. The molecule has 4 heavy (non-hydrogen) atoms. The third-order valence-corrected chi connectivity index (χ3v) is 0. The van der Waals surface area contributed by atoms with Crippen molar-refractivity contribution >= 4 is 124 Å². The van der Waals surface area contributed by atoms with E-state index in [4.69, 9.17) is 0 Å². The first kappa shape index (κ1) is 24.4. The predicted octanol–water partition coefficient (Wildman–Crippen LogP) is -1.65. The molecular weight excluding hydrogens is 179 g/mol. The Balaban J connectivity index is 0. The number of rotatable bonds is 0. The average molecular weight is 188 g/mol. The van der Waals surface area contributed by atoms with Gasteiger partial charge in [0.2, 0.25) is 0 Å². The zero-order chi connectivity index (χ0) is 0. The Morgan fingerprint density at radius 3 is 1.25 bits per heavy atom. The van der Waals surface area contributed by atoms with Crippen LogP contribution in [0.15, 0.2) is 0 Å². The third-order valence-electron chi connectivity index (χ3n) is 0. The molecule has 0 bridgehead atoms. The summed E-state index contributed by atoms with van der Waals surface area (Å²) in [6.45, 7) is 0. The minimum absolute atomic E-state index is 0. The van der Waals surface area contributed by atoms with Crippen molar-refractivity contribution in [2.24, 2.45) is 0 Å². The third kappa shape index (κ3) is 9.40. The van der Waals surface area contributed by atoms with Gasteiger partial charge in [0, 0.05) is 0 Å². The Morgan fingerprint density at radius 1 is 1.25 bits per heavy atom. The summed E-state index contributed by atoms with van der Waals surface area (Å²) in [6, 6.07) is 0. The molecule has 0 nitrogen and oxygen atoms in total. The van der Waals surface area contributed by atoms with Gasteiger partial charge in [0.25, 0.3) is 0 Å². The van der Waals surface area contributed by atoms with Gasteiger partial charge in [-0.2, -0.15) is 0 Å². The van der Waals surface area contributed by atoms with Gasteiger partial charge < -0.3 is 8.56 Å². The molecule has 0 radical (unpaired) electrons. The van der Waals surface area contributed by atoms with E-state index in [9.17, 15) is 0 Å². The Bertz CT molecular complexity index is 17.7. The Morgan fingerprint density at radius 2 is 1.25 bits per heavy atom. The SMILES string of the molecule is [AlH3].[Ca+2].[H-].[H-].[H-].[H-].[H-].[H-].[Mg+2].[Sr+2]. The van der Waals surface area contributed by atoms with Gasteiger partial charge in [0.15, 0.2) is 17.4 Å². The van der Waals surface area contributed by atoms with E-state index >= 15 is 0 Å². The van der Waals surface area contributed by atoms with Gasteiger partial charge in [0.1, 0.15) is 0 Å². The smallest absolute Gasteiger partial charge is 1.00 e. The van der Waals surface area contributed by atoms with E-state index < -0.39 is 0 Å². The number of hydrogen-bond acceptors (Lipinski definition) is 0. The monoisotopic (exact) mass is 188 g/mol. The van der Waals surface area contributed by atoms with Gasteiger partial charge in [-0.05, 0) is 0 Å². The topological polar surface area (TPSA) is 0 Å². The van der Waals surface area contributed by atoms with E-state index in [0.717, 1.165) is 0 Å². The van der Waals surface area contributed by atoms with Crippen LogP contribution in [0, 0.1) is 0 Å². The Kier molecular flexibility index (Phi) is 96.1. The largest absolute Gasteiger partial charge is 2.00 e. The van der Waals surface area contributed by atoms with Crippen molar-refractivity contribution in [1.29, 1.82) is 0 Å². The van der Waals surface area contributed by atoms with Crippen LogP contribution in [0.5, 0.6) is 0 Å². The molecule has 18 valence electrons. The minimum Gasteiger partial charge on any atom is -1.00 e. The molecule has 4 heteroatoms. The van der Waals surface area contributed by atoms with Crippen molar-refractivity contribution in [2.75, 3.05) is 0 Å². The van der Waals surface area contributed by atoms with Crippen LogP contribution >= 0.6 is 0 Å². The molecule has 0 unspecified atom stereocenters. The summed E-state index contributed by atoms with van der Waals surface area (Å²) >= 11 is 0. The maximum absolute atomic E-state index is 0. The molecule has 0 aromatic rings. The molecule has 0 aromatic heterocycles. The van der Waals surface area contributed by atoms with Gasteiger partial charge in [-0.15, -0.1) is 0 Å². The molecule has 0 heterocycles. The van der Waals surface area contributed by atoms with Crippen molar-refractivity contribution in [3.05, 3.63) is 0 Å². The zero-order valence-corrected chi connectivity index (χ0v) is 9.22. The first-order valence-electron chi connectivity index (χ1n) is 0. The second-order valence-corrected chi connectivity index (χ2v) is 0. The van der Waals surface area contributed by atoms with Gasteiger partial charge in [-0.25, -0.2) is 0 Å². The van der Waals surface area contributed by atoms with Crippen LogP contribution in [-0.2, 0) is 0 Å². The van der Waals surface area contributed by atoms with Crippen LogP contribution < -0.4 is 0 Å². The molecule has 0 saturated heterocycles. The van der Waals surface area contributed by atoms with Crippen LogP contribution in [0.25, 0.3) is 0 Å². The minimum atomic E-state index is 0. The molecule has 0 spiro atoms. The summed E-state index contributed by atoms with van der Waals surface area (Å²) in [7, 11) is 0. The molecular formula is H9AlCaMgSr. The first-order valence-corrected chi connectivity index (χ1v) is 0. The standard InChI is InChI=1S/Al.Ca.Mg.Sr.9H/q;3*+2;;;;6*-1. The molecule has 0 fully saturated rings. The summed E-state index contributed by atoms with van der Waals surface area (Å²) in [5.74, 6) is 0. The van der Waals surface area contributed by atoms with Crippen molar-refractivity contribution in [3.63, 3.8) is 0 Å². The van der Waals surface area contributed by atoms with E-state index in [-0.39, 0.29) is 132 Å². The molecule has 0 N–H and O–H groups in total. The number of hydrogen-bond donors (Lipinski definition) is 0. The summed E-state index contributed by atoms with van der Waals surface area (Å²) in [6.07, 6.45) is 0. The molecule has 0 rings (SSSR count). The van der Waals surface area contributed by atoms with Gasteiger partial charge in [0.05, 0.1) is 0 Å². The molecule has 0 aliphatic heterocycles. The Labute approximate surface area is 129 Å². The average Bonchev–Trinajstić information content (AvgIpc) is 0. The molecule has 0 aromatic carbocycles. The van der Waals surface area contributed by atoms with Crippen molar-refractivity contribution in [1.82, 2.24) is 0 Å². The normalized spacial score (nSPS) is 0. The van der Waals surface area contributed by atoms with Crippen LogP contribution in [0.4, 0.5) is 0 Å². The van der Waals surface area contributed by atoms with E-state index in [2.05, 4.69) is 0 Å². The van der Waals surface area contributed by atoms with E-state index in [1.54, 1.807) is 0 Å². The fourth-order valence-electron chi connectivity index (χ4n) is 0. The van der Waals surface area contributed by atoms with E-state index in [0.29, 0.717) is 0 Å². The summed E-state index contributed by atoms with van der Waals surface area (Å²) in [5.41, 5.74) is 0. The summed E-state index contributed by atoms with van der Waals surface area (Å²) < 4.78 is 0. The fourth-order valence-corrected chi connectivity index (χ4v) is 0. The van der Waals surface area contributed by atoms with Gasteiger partial charge in [-0.1, -0.05) is 0 Å². The maximum atomic E-state index is 0. The maximum Gasteiger partial charge on any atom is 2.00 e. The molecule has 0 aliphatic carbocycles. The van der Waals surface area contributed by atoms with Crippen LogP contribution in [0.1, 0.15) is 8.56 Å². The van der Waals surface area contributed by atoms with Crippen molar-refractivity contribution in [3.8, 4) is 0 Å². The summed E-state index contributed by atoms with van der Waals surface area (Å²) in [5, 5.41) is 0. The molecule has 0 amide bonds. The first-order chi connectivity index (χ1) is 0. The predicted molar refractivity (Wildman–Crippen MR) is 33.9 cm³/mol. The van der Waals surface area contributed by atoms with Crippen LogP contribution in [0.3, 0.4) is 0 Å². The zero-order valence-electron chi connectivity index (χ0n) is 8.12. The summed E-state index contributed by atoms with van der Waals surface area (Å²) in [4.78, 5) is 0. The Hall–Kier alpha value is 4.04. The van der Waals surface area contributed by atoms with Crippen LogP contribution in [0.2, 0.25) is 0 Å². The van der Waals surface area contributed by atoms with E-state index in [1.807, 2.05) is 0 Å². The van der Waals surface area contributed by atoms with Crippen molar-refractivity contribution in [2.45, 2.75) is 0 Å². The van der Waals surface area contributed by atoms with Gasteiger partial charge in [-0.3, -0.25) is 0 Å². The molecule has 0 aliphatic rings. The second kappa shape index (κ2) is 15.7. The van der Waals surface area contributed by atoms with Crippen molar-refractivity contribution < 1.29 is 8.56 Å². The molecule has 0 saturated carbocycles. The van der Waals surface area contributed by atoms with Crippen LogP contribution in [-0.4, -0.2) is 124 Å². The van der Waals surface area contributed by atoms with Gasteiger partial charge >= 0.3 is 106 Å². The second-order valence-electron chi connectivity index (χ2n) is 0. The molecule has 0 atom stereocenters. The van der Waals surface area contributed by atoms with E-state index in [1.165, 1.54) is 0 Å². The fraction of sp³-hybridized carbons (Fsp3) is 0.